The van der Waals surface area contributed by atoms with Crippen LogP contribution in [0.1, 0.15) is 15.9 Å². The second-order valence-electron chi connectivity index (χ2n) is 5.22. The van der Waals surface area contributed by atoms with Crippen molar-refractivity contribution < 1.29 is 15.0 Å². The number of aliphatic hydroxyl groups is 1. The molecule has 6 nitrogen and oxygen atoms in total. The zero-order chi connectivity index (χ0) is 17.3. The highest BCUT2D eigenvalue weighted by atomic mass is 79.9. The van der Waals surface area contributed by atoms with Crippen molar-refractivity contribution in [2.45, 2.75) is 0 Å². The van der Waals surface area contributed by atoms with Crippen molar-refractivity contribution in [2.75, 3.05) is 6.54 Å². The molecule has 0 fully saturated rings. The largest absolute Gasteiger partial charge is 0.510 e. The van der Waals surface area contributed by atoms with Crippen molar-refractivity contribution in [2.24, 2.45) is 0 Å². The molecule has 2 aromatic carbocycles. The first-order valence-electron chi connectivity index (χ1n) is 7.11. The maximum atomic E-state index is 12.3. The lowest BCUT2D eigenvalue weighted by molar-refractivity contribution is 0.0872. The highest BCUT2D eigenvalue weighted by Crippen LogP contribution is 2.27. The van der Waals surface area contributed by atoms with Gasteiger partial charge >= 0.3 is 0 Å². The van der Waals surface area contributed by atoms with Crippen molar-refractivity contribution in [1.82, 2.24) is 10.4 Å². The predicted octanol–water partition coefficient (Wildman–Crippen LogP) is 3.06. The molecule has 0 radical (unpaired) electrons. The van der Waals surface area contributed by atoms with Crippen LogP contribution in [-0.2, 0) is 0 Å². The third-order valence-electron chi connectivity index (χ3n) is 3.61. The third-order valence-corrected chi connectivity index (χ3v) is 4.10. The monoisotopic (exact) mass is 387 g/mol. The fourth-order valence-electron chi connectivity index (χ4n) is 2.46. The molecular weight excluding hydrogens is 374 g/mol. The molecule has 122 valence electrons. The fraction of sp³-hybridized carbons (Fsp3) is 0.0588. The van der Waals surface area contributed by atoms with E-state index in [4.69, 9.17) is 5.41 Å². The maximum absolute atomic E-state index is 12.3. The van der Waals surface area contributed by atoms with E-state index in [1.165, 1.54) is 17.1 Å². The van der Waals surface area contributed by atoms with Gasteiger partial charge in [0.25, 0.3) is 5.91 Å². The van der Waals surface area contributed by atoms with E-state index in [-0.39, 0.29) is 29.5 Å². The number of amidine groups is 1. The average Bonchev–Trinajstić information content (AvgIpc) is 2.82. The number of hydrogen-bond donors (Lipinski definition) is 4. The number of halogens is 1. The van der Waals surface area contributed by atoms with Gasteiger partial charge in [-0.1, -0.05) is 46.3 Å². The molecule has 7 heteroatoms. The molecule has 1 amide bonds. The van der Waals surface area contributed by atoms with E-state index in [0.717, 1.165) is 0 Å². The number of aromatic hydroxyl groups is 1. The number of hydrazine groups is 1. The summed E-state index contributed by atoms with van der Waals surface area (Å²) in [7, 11) is 0. The number of nitrogens with one attached hydrogen (secondary N) is 2. The van der Waals surface area contributed by atoms with Crippen molar-refractivity contribution in [3.63, 3.8) is 0 Å². The number of benzene rings is 2. The highest BCUT2D eigenvalue weighted by Gasteiger charge is 2.30. The van der Waals surface area contributed by atoms with Crippen LogP contribution < -0.4 is 5.43 Å². The molecule has 0 spiro atoms. The van der Waals surface area contributed by atoms with Crippen LogP contribution in [0.4, 0.5) is 0 Å². The summed E-state index contributed by atoms with van der Waals surface area (Å²) in [6.07, 6.45) is 0. The Morgan fingerprint density at radius 1 is 1.17 bits per heavy atom. The van der Waals surface area contributed by atoms with Crippen molar-refractivity contribution in [1.29, 1.82) is 5.41 Å². The van der Waals surface area contributed by atoms with E-state index in [0.29, 0.717) is 15.6 Å². The van der Waals surface area contributed by atoms with Gasteiger partial charge in [-0.2, -0.15) is 0 Å². The van der Waals surface area contributed by atoms with Crippen molar-refractivity contribution >= 4 is 33.2 Å². The van der Waals surface area contributed by atoms with Gasteiger partial charge < -0.3 is 10.2 Å². The number of phenolic OH excluding ortho intramolecular Hbond substituents is 1. The quantitative estimate of drug-likeness (QED) is 0.650. The topological polar surface area (TPSA) is 96.7 Å². The number of nitrogens with zero attached hydrogens (tertiary/aromatic N) is 1. The Hall–Kier alpha value is -2.80. The van der Waals surface area contributed by atoms with Gasteiger partial charge in [0.1, 0.15) is 11.5 Å². The molecule has 2 aromatic rings. The molecular formula is C17H14BrN3O3. The fourth-order valence-corrected chi connectivity index (χ4v) is 2.81. The highest BCUT2D eigenvalue weighted by molar-refractivity contribution is 9.10. The summed E-state index contributed by atoms with van der Waals surface area (Å²) >= 11 is 3.21. The number of rotatable bonds is 3. The number of carbonyl (C=O) groups excluding carboxylic acids is 1. The summed E-state index contributed by atoms with van der Waals surface area (Å²) in [5, 5.41) is 29.4. The van der Waals surface area contributed by atoms with Crippen LogP contribution in [-0.4, -0.2) is 33.5 Å². The van der Waals surface area contributed by atoms with Crippen LogP contribution in [0.3, 0.4) is 0 Å². The van der Waals surface area contributed by atoms with Crippen LogP contribution in [0.5, 0.6) is 5.75 Å². The van der Waals surface area contributed by atoms with E-state index in [1.54, 1.807) is 18.2 Å². The lowest BCUT2D eigenvalue weighted by Crippen LogP contribution is -2.43. The van der Waals surface area contributed by atoms with Crippen LogP contribution in [0, 0.1) is 5.41 Å². The summed E-state index contributed by atoms with van der Waals surface area (Å²) < 4.78 is 0.649. The summed E-state index contributed by atoms with van der Waals surface area (Å²) in [5.74, 6) is -0.741. The first-order chi connectivity index (χ1) is 11.5. The standard InChI is InChI=1S/C17H14BrN3O3/c18-11-6-7-12(13(22)8-11)17(24)20-21-9-14(23)15(16(21)19)10-4-2-1-3-5-10/h1-8,19,22-23H,9H2,(H,20,24). The van der Waals surface area contributed by atoms with Gasteiger partial charge in [-0.3, -0.25) is 20.6 Å². The van der Waals surface area contributed by atoms with Gasteiger partial charge in [-0.25, -0.2) is 0 Å². The molecule has 4 N–H and O–H groups in total. The Bertz CT molecular complexity index is 849. The zero-order valence-corrected chi connectivity index (χ0v) is 14.0. The molecule has 0 aliphatic carbocycles. The summed E-state index contributed by atoms with van der Waals surface area (Å²) in [6, 6.07) is 13.5. The van der Waals surface area contributed by atoms with Crippen LogP contribution in [0.25, 0.3) is 5.57 Å². The SMILES string of the molecule is N=C1C(c2ccccc2)=C(O)CN1NC(=O)c1ccc(Br)cc1O. The molecule has 0 saturated heterocycles. The van der Waals surface area contributed by atoms with Crippen LogP contribution in [0.2, 0.25) is 0 Å². The Morgan fingerprint density at radius 3 is 2.54 bits per heavy atom. The molecule has 1 heterocycles. The molecule has 24 heavy (non-hydrogen) atoms. The third kappa shape index (κ3) is 2.98. The number of hydrogen-bond acceptors (Lipinski definition) is 4. The normalized spacial score (nSPS) is 14.2. The number of amides is 1. The van der Waals surface area contributed by atoms with Crippen molar-refractivity contribution in [3.05, 3.63) is 69.9 Å². The van der Waals surface area contributed by atoms with Gasteiger partial charge in [-0.05, 0) is 23.8 Å². The lowest BCUT2D eigenvalue weighted by atomic mass is 10.1. The first-order valence-corrected chi connectivity index (χ1v) is 7.90. The predicted molar refractivity (Wildman–Crippen MR) is 93.7 cm³/mol. The minimum Gasteiger partial charge on any atom is -0.510 e. The van der Waals surface area contributed by atoms with Crippen molar-refractivity contribution in [3.8, 4) is 5.75 Å². The summed E-state index contributed by atoms with van der Waals surface area (Å²) in [5.41, 5.74) is 3.68. The van der Waals surface area contributed by atoms with E-state index in [1.807, 2.05) is 18.2 Å². The average molecular weight is 388 g/mol. The molecule has 0 saturated carbocycles. The second-order valence-corrected chi connectivity index (χ2v) is 6.14. The van der Waals surface area contributed by atoms with E-state index < -0.39 is 5.91 Å². The van der Waals surface area contributed by atoms with Crippen LogP contribution in [0.15, 0.2) is 58.8 Å². The Balaban J connectivity index is 1.79. The summed E-state index contributed by atoms with van der Waals surface area (Å²) in [6.45, 7) is -0.00785. The van der Waals surface area contributed by atoms with Gasteiger partial charge in [-0.15, -0.1) is 0 Å². The Kier molecular flexibility index (Phi) is 4.26. The minimum absolute atomic E-state index is 0.00604. The van der Waals surface area contributed by atoms with Gasteiger partial charge in [0.15, 0.2) is 5.84 Å². The summed E-state index contributed by atoms with van der Waals surface area (Å²) in [4.78, 5) is 12.3. The zero-order valence-electron chi connectivity index (χ0n) is 12.5. The van der Waals surface area contributed by atoms with Gasteiger partial charge in [0, 0.05) is 4.47 Å². The molecule has 1 aliphatic heterocycles. The van der Waals surface area contributed by atoms with Crippen LogP contribution >= 0.6 is 15.9 Å². The number of aliphatic hydroxyl groups excluding tert-OH is 1. The smallest absolute Gasteiger partial charge is 0.273 e. The molecule has 1 aliphatic rings. The Morgan fingerprint density at radius 2 is 1.88 bits per heavy atom. The molecule has 0 bridgehead atoms. The molecule has 3 rings (SSSR count). The Labute approximate surface area is 146 Å². The first kappa shape index (κ1) is 16.1. The molecule has 0 atom stereocenters. The maximum Gasteiger partial charge on any atom is 0.273 e. The van der Waals surface area contributed by atoms with E-state index in [9.17, 15) is 15.0 Å². The van der Waals surface area contributed by atoms with Gasteiger partial charge in [0.05, 0.1) is 17.7 Å². The van der Waals surface area contributed by atoms with E-state index in [2.05, 4.69) is 21.4 Å². The lowest BCUT2D eigenvalue weighted by Gasteiger charge is -2.20. The second kappa shape index (κ2) is 6.37. The molecule has 0 unspecified atom stereocenters. The number of phenols is 1. The van der Waals surface area contributed by atoms with Gasteiger partial charge in [0.2, 0.25) is 0 Å². The minimum atomic E-state index is -0.563. The number of carbonyl (C=O) groups is 1. The molecule has 0 aromatic heterocycles. The van der Waals surface area contributed by atoms with E-state index >= 15 is 0 Å².